The average Bonchev–Trinajstić information content (AvgIpc) is 3.42. The van der Waals surface area contributed by atoms with E-state index in [1.54, 1.807) is 24.3 Å². The zero-order valence-electron chi connectivity index (χ0n) is 14.6. The molecule has 4 rings (SSSR count). The molecule has 1 saturated carbocycles. The molecule has 1 atom stereocenters. The standard InChI is InChI=1S/C20H26N2O3/c23-17-5-2-1-4-16(17)19(25)21-11-3-9-20(13-21)10-8-18(24)22(14-20)12-15-6-7-15/h1-2,4-5,15,23H,3,6-14H2/t20-/m0/s1. The first-order valence-electron chi connectivity index (χ1n) is 9.41. The first-order valence-corrected chi connectivity index (χ1v) is 9.41. The second-order valence-corrected chi connectivity index (χ2v) is 8.07. The van der Waals surface area contributed by atoms with Crippen molar-refractivity contribution in [1.29, 1.82) is 0 Å². The lowest BCUT2D eigenvalue weighted by Crippen LogP contribution is -2.55. The molecule has 1 aromatic rings. The number of carbonyl (C=O) groups excluding carboxylic acids is 2. The summed E-state index contributed by atoms with van der Waals surface area (Å²) >= 11 is 0. The number of rotatable bonds is 3. The topological polar surface area (TPSA) is 60.9 Å². The molecule has 1 aromatic carbocycles. The first kappa shape index (κ1) is 16.4. The van der Waals surface area contributed by atoms with E-state index in [2.05, 4.69) is 4.90 Å². The maximum atomic E-state index is 12.9. The summed E-state index contributed by atoms with van der Waals surface area (Å²) in [5, 5.41) is 10.00. The van der Waals surface area contributed by atoms with Gasteiger partial charge in [0.15, 0.2) is 0 Å². The minimum absolute atomic E-state index is 0.0289. The third kappa shape index (κ3) is 3.37. The SMILES string of the molecule is O=C1CC[C@]2(CCCN(C(=O)c3ccccc3O)C2)CN1CC1CC1. The zero-order valence-corrected chi connectivity index (χ0v) is 14.6. The Labute approximate surface area is 148 Å². The third-order valence-electron chi connectivity index (χ3n) is 6.01. The van der Waals surface area contributed by atoms with Crippen molar-refractivity contribution >= 4 is 11.8 Å². The first-order chi connectivity index (χ1) is 12.1. The van der Waals surface area contributed by atoms with Gasteiger partial charge in [-0.25, -0.2) is 0 Å². The molecule has 3 fully saturated rings. The smallest absolute Gasteiger partial charge is 0.257 e. The summed E-state index contributed by atoms with van der Waals surface area (Å²) in [4.78, 5) is 29.1. The van der Waals surface area contributed by atoms with Gasteiger partial charge in [0.1, 0.15) is 5.75 Å². The summed E-state index contributed by atoms with van der Waals surface area (Å²) in [6.07, 6.45) is 6.00. The molecule has 1 aliphatic carbocycles. The Morgan fingerprint density at radius 1 is 1.20 bits per heavy atom. The number of carbonyl (C=O) groups is 2. The maximum Gasteiger partial charge on any atom is 0.257 e. The van der Waals surface area contributed by atoms with Crippen molar-refractivity contribution in [1.82, 2.24) is 9.80 Å². The van der Waals surface area contributed by atoms with E-state index in [1.165, 1.54) is 12.8 Å². The van der Waals surface area contributed by atoms with E-state index in [1.807, 2.05) is 4.90 Å². The van der Waals surface area contributed by atoms with E-state index in [0.717, 1.165) is 38.9 Å². The Kier molecular flexibility index (Phi) is 4.18. The van der Waals surface area contributed by atoms with Crippen molar-refractivity contribution in [2.45, 2.75) is 38.5 Å². The largest absolute Gasteiger partial charge is 0.507 e. The number of nitrogens with zero attached hydrogens (tertiary/aromatic N) is 2. The summed E-state index contributed by atoms with van der Waals surface area (Å²) in [5.41, 5.74) is 0.405. The number of hydrogen-bond donors (Lipinski definition) is 1. The Hall–Kier alpha value is -2.04. The van der Waals surface area contributed by atoms with Crippen LogP contribution in [0.5, 0.6) is 5.75 Å². The second-order valence-electron chi connectivity index (χ2n) is 8.07. The molecule has 2 aliphatic heterocycles. The molecule has 2 heterocycles. The quantitative estimate of drug-likeness (QED) is 0.919. The molecule has 2 amide bonds. The van der Waals surface area contributed by atoms with Crippen LogP contribution in [0.2, 0.25) is 0 Å². The van der Waals surface area contributed by atoms with Gasteiger partial charge in [-0.3, -0.25) is 9.59 Å². The molecule has 25 heavy (non-hydrogen) atoms. The Morgan fingerprint density at radius 2 is 2.00 bits per heavy atom. The third-order valence-corrected chi connectivity index (χ3v) is 6.01. The molecule has 0 radical (unpaired) electrons. The van der Waals surface area contributed by atoms with Crippen LogP contribution in [0, 0.1) is 11.3 Å². The minimum Gasteiger partial charge on any atom is -0.507 e. The van der Waals surface area contributed by atoms with Crippen LogP contribution in [0.1, 0.15) is 48.9 Å². The number of phenols is 1. The van der Waals surface area contributed by atoms with Gasteiger partial charge < -0.3 is 14.9 Å². The molecule has 3 aliphatic rings. The number of benzene rings is 1. The maximum absolute atomic E-state index is 12.9. The molecular formula is C20H26N2O3. The highest BCUT2D eigenvalue weighted by Gasteiger charge is 2.43. The monoisotopic (exact) mass is 342 g/mol. The van der Waals surface area contributed by atoms with Crippen molar-refractivity contribution in [3.8, 4) is 5.75 Å². The van der Waals surface area contributed by atoms with Gasteiger partial charge in [-0.2, -0.15) is 0 Å². The van der Waals surface area contributed by atoms with Gasteiger partial charge in [-0.15, -0.1) is 0 Å². The highest BCUT2D eigenvalue weighted by molar-refractivity contribution is 5.96. The lowest BCUT2D eigenvalue weighted by molar-refractivity contribution is -0.139. The van der Waals surface area contributed by atoms with Crippen molar-refractivity contribution in [2.24, 2.45) is 11.3 Å². The molecule has 0 unspecified atom stereocenters. The molecule has 0 aromatic heterocycles. The molecule has 1 spiro atoms. The second kappa shape index (κ2) is 6.36. The summed E-state index contributed by atoms with van der Waals surface area (Å²) in [6, 6.07) is 6.75. The van der Waals surface area contributed by atoms with Crippen molar-refractivity contribution < 1.29 is 14.7 Å². The van der Waals surface area contributed by atoms with Crippen molar-refractivity contribution in [3.63, 3.8) is 0 Å². The van der Waals surface area contributed by atoms with E-state index in [-0.39, 0.29) is 23.0 Å². The van der Waals surface area contributed by atoms with Gasteiger partial charge in [0, 0.05) is 38.0 Å². The average molecular weight is 342 g/mol. The van der Waals surface area contributed by atoms with Gasteiger partial charge in [-0.1, -0.05) is 12.1 Å². The molecular weight excluding hydrogens is 316 g/mol. The number of phenolic OH excluding ortho intramolecular Hbond substituents is 1. The number of aromatic hydroxyl groups is 1. The number of para-hydroxylation sites is 1. The predicted molar refractivity (Wildman–Crippen MR) is 94.2 cm³/mol. The molecule has 5 nitrogen and oxygen atoms in total. The predicted octanol–water partition coefficient (Wildman–Crippen LogP) is 2.65. The summed E-state index contributed by atoms with van der Waals surface area (Å²) in [6.45, 7) is 3.10. The number of likely N-dealkylation sites (tertiary alicyclic amines) is 2. The van der Waals surface area contributed by atoms with Crippen LogP contribution in [0.4, 0.5) is 0 Å². The van der Waals surface area contributed by atoms with Gasteiger partial charge in [0.2, 0.25) is 5.91 Å². The fourth-order valence-corrected chi connectivity index (χ4v) is 4.42. The van der Waals surface area contributed by atoms with Crippen LogP contribution in [-0.2, 0) is 4.79 Å². The molecule has 2 saturated heterocycles. The Morgan fingerprint density at radius 3 is 2.76 bits per heavy atom. The van der Waals surface area contributed by atoms with Crippen LogP contribution in [0.3, 0.4) is 0 Å². The van der Waals surface area contributed by atoms with Crippen molar-refractivity contribution in [3.05, 3.63) is 29.8 Å². The summed E-state index contributed by atoms with van der Waals surface area (Å²) in [5.74, 6) is 0.924. The minimum atomic E-state index is -0.0946. The lowest BCUT2D eigenvalue weighted by Gasteiger charge is -2.48. The van der Waals surface area contributed by atoms with Crippen LogP contribution < -0.4 is 0 Å². The van der Waals surface area contributed by atoms with E-state index in [4.69, 9.17) is 0 Å². The Bertz CT molecular complexity index is 685. The highest BCUT2D eigenvalue weighted by atomic mass is 16.3. The van der Waals surface area contributed by atoms with Crippen LogP contribution >= 0.6 is 0 Å². The molecule has 5 heteroatoms. The summed E-state index contributed by atoms with van der Waals surface area (Å²) < 4.78 is 0. The number of hydrogen-bond acceptors (Lipinski definition) is 3. The van der Waals surface area contributed by atoms with E-state index < -0.39 is 0 Å². The fraction of sp³-hybridized carbons (Fsp3) is 0.600. The van der Waals surface area contributed by atoms with Gasteiger partial charge in [-0.05, 0) is 50.2 Å². The molecule has 1 N–H and O–H groups in total. The fourth-order valence-electron chi connectivity index (χ4n) is 4.42. The number of piperidine rings is 2. The van der Waals surface area contributed by atoms with Crippen molar-refractivity contribution in [2.75, 3.05) is 26.2 Å². The number of amides is 2. The molecule has 0 bridgehead atoms. The lowest BCUT2D eigenvalue weighted by atomic mass is 9.73. The molecule has 134 valence electrons. The van der Waals surface area contributed by atoms with E-state index in [9.17, 15) is 14.7 Å². The summed E-state index contributed by atoms with van der Waals surface area (Å²) in [7, 11) is 0. The highest BCUT2D eigenvalue weighted by Crippen LogP contribution is 2.41. The van der Waals surface area contributed by atoms with Crippen LogP contribution in [0.25, 0.3) is 0 Å². The van der Waals surface area contributed by atoms with Gasteiger partial charge >= 0.3 is 0 Å². The zero-order chi connectivity index (χ0) is 17.4. The van der Waals surface area contributed by atoms with Gasteiger partial charge in [0.25, 0.3) is 5.91 Å². The normalized spacial score (nSPS) is 27.0. The van der Waals surface area contributed by atoms with Crippen LogP contribution in [-0.4, -0.2) is 52.9 Å². The van der Waals surface area contributed by atoms with E-state index >= 15 is 0 Å². The van der Waals surface area contributed by atoms with Crippen LogP contribution in [0.15, 0.2) is 24.3 Å². The van der Waals surface area contributed by atoms with E-state index in [0.29, 0.717) is 24.4 Å². The van der Waals surface area contributed by atoms with Gasteiger partial charge in [0.05, 0.1) is 5.56 Å². The Balaban J connectivity index is 1.49.